The molecule has 1 atom stereocenters. The summed E-state index contributed by atoms with van der Waals surface area (Å²) in [5.41, 5.74) is 2.14. The lowest BCUT2D eigenvalue weighted by Gasteiger charge is -2.21. The maximum atomic E-state index is 13.0. The first-order chi connectivity index (χ1) is 15.0. The molecule has 1 aliphatic rings. The summed E-state index contributed by atoms with van der Waals surface area (Å²) in [5, 5.41) is 9.41. The van der Waals surface area contributed by atoms with Crippen molar-refractivity contribution in [2.24, 2.45) is 0 Å². The Morgan fingerprint density at radius 3 is 2.81 bits per heavy atom. The maximum absolute atomic E-state index is 13.0. The van der Waals surface area contributed by atoms with Gasteiger partial charge in [-0.3, -0.25) is 14.0 Å². The Labute approximate surface area is 182 Å². The number of carbonyl (C=O) groups is 1. The quantitative estimate of drug-likeness (QED) is 0.518. The van der Waals surface area contributed by atoms with E-state index in [0.717, 1.165) is 21.6 Å². The van der Waals surface area contributed by atoms with Gasteiger partial charge >= 0.3 is 0 Å². The van der Waals surface area contributed by atoms with E-state index in [1.165, 1.54) is 4.68 Å². The van der Waals surface area contributed by atoms with Crippen LogP contribution in [0.4, 0.5) is 0 Å². The number of amides is 1. The molecule has 160 valence electrons. The molecule has 8 nitrogen and oxygen atoms in total. The molecule has 0 saturated carbocycles. The molecular formula is C22H22N4O4S. The molecule has 3 aromatic heterocycles. The monoisotopic (exact) mass is 438 g/mol. The van der Waals surface area contributed by atoms with Crippen LogP contribution in [0, 0.1) is 0 Å². The van der Waals surface area contributed by atoms with Crippen molar-refractivity contribution in [3.8, 4) is 11.5 Å². The minimum atomic E-state index is -0.281. The number of hydrogen-bond donors (Lipinski definition) is 1. The molecule has 1 N–H and O–H groups in total. The van der Waals surface area contributed by atoms with Gasteiger partial charge in [0.05, 0.1) is 16.3 Å². The van der Waals surface area contributed by atoms with Crippen molar-refractivity contribution in [3.05, 3.63) is 57.5 Å². The zero-order chi connectivity index (χ0) is 21.5. The van der Waals surface area contributed by atoms with Crippen molar-refractivity contribution in [1.29, 1.82) is 0 Å². The Hall–Kier alpha value is -3.33. The number of benzene rings is 1. The highest BCUT2D eigenvalue weighted by atomic mass is 32.1. The predicted molar refractivity (Wildman–Crippen MR) is 118 cm³/mol. The lowest BCUT2D eigenvalue weighted by atomic mass is 10.1. The number of thiophene rings is 1. The fraction of sp³-hybridized carbons (Fsp3) is 0.318. The molecule has 0 saturated heterocycles. The molecule has 0 fully saturated rings. The Kier molecular flexibility index (Phi) is 4.90. The second-order valence-electron chi connectivity index (χ2n) is 7.46. The molecular weight excluding hydrogens is 416 g/mol. The van der Waals surface area contributed by atoms with E-state index >= 15 is 0 Å². The van der Waals surface area contributed by atoms with Gasteiger partial charge in [0.1, 0.15) is 31.1 Å². The Morgan fingerprint density at radius 2 is 2.00 bits per heavy atom. The van der Waals surface area contributed by atoms with Gasteiger partial charge in [-0.05, 0) is 42.1 Å². The summed E-state index contributed by atoms with van der Waals surface area (Å²) in [6.45, 7) is 4.77. The summed E-state index contributed by atoms with van der Waals surface area (Å²) in [7, 11) is 0. The number of aryl methyl sites for hydroxylation is 1. The smallest absolute Gasteiger partial charge is 0.291 e. The molecule has 0 radical (unpaired) electrons. The Morgan fingerprint density at radius 1 is 1.19 bits per heavy atom. The molecule has 1 unspecified atom stereocenters. The van der Waals surface area contributed by atoms with Crippen LogP contribution in [0.25, 0.3) is 15.7 Å². The van der Waals surface area contributed by atoms with Crippen molar-refractivity contribution in [1.82, 2.24) is 19.5 Å². The molecule has 5 rings (SSSR count). The van der Waals surface area contributed by atoms with Crippen LogP contribution in [0.5, 0.6) is 11.5 Å². The van der Waals surface area contributed by atoms with Gasteiger partial charge in [-0.25, -0.2) is 4.68 Å². The van der Waals surface area contributed by atoms with Gasteiger partial charge < -0.3 is 14.8 Å². The minimum absolute atomic E-state index is 0.143. The highest BCUT2D eigenvalue weighted by Gasteiger charge is 2.18. The lowest BCUT2D eigenvalue weighted by molar-refractivity contribution is -0.122. The van der Waals surface area contributed by atoms with E-state index in [2.05, 4.69) is 10.4 Å². The predicted octanol–water partition coefficient (Wildman–Crippen LogP) is 2.92. The van der Waals surface area contributed by atoms with Crippen LogP contribution in [0.1, 0.15) is 31.3 Å². The van der Waals surface area contributed by atoms with Gasteiger partial charge in [-0.2, -0.15) is 5.10 Å². The zero-order valence-corrected chi connectivity index (χ0v) is 18.1. The van der Waals surface area contributed by atoms with Crippen molar-refractivity contribution in [3.63, 3.8) is 0 Å². The second kappa shape index (κ2) is 7.73. The third-order valence-corrected chi connectivity index (χ3v) is 6.28. The third kappa shape index (κ3) is 3.44. The first-order valence-corrected chi connectivity index (χ1v) is 11.1. The minimum Gasteiger partial charge on any atom is -0.486 e. The van der Waals surface area contributed by atoms with Crippen LogP contribution in [-0.4, -0.2) is 33.3 Å². The number of nitrogens with one attached hydrogen (secondary N) is 1. The number of rotatable bonds is 5. The summed E-state index contributed by atoms with van der Waals surface area (Å²) < 4.78 is 15.3. The number of nitrogens with zero attached hydrogens (tertiary/aromatic N) is 3. The van der Waals surface area contributed by atoms with E-state index < -0.39 is 0 Å². The zero-order valence-electron chi connectivity index (χ0n) is 17.3. The van der Waals surface area contributed by atoms with Crippen molar-refractivity contribution < 1.29 is 14.3 Å². The fourth-order valence-corrected chi connectivity index (χ4v) is 4.70. The van der Waals surface area contributed by atoms with Gasteiger partial charge in [0.25, 0.3) is 5.56 Å². The number of ether oxygens (including phenoxy) is 2. The molecule has 9 heteroatoms. The molecule has 31 heavy (non-hydrogen) atoms. The van der Waals surface area contributed by atoms with Gasteiger partial charge in [-0.1, -0.05) is 13.0 Å². The molecule has 1 aliphatic heterocycles. The van der Waals surface area contributed by atoms with Gasteiger partial charge in [0.15, 0.2) is 11.5 Å². The third-order valence-electron chi connectivity index (χ3n) is 5.42. The normalized spacial score (nSPS) is 14.1. The summed E-state index contributed by atoms with van der Waals surface area (Å²) in [4.78, 5) is 25.7. The standard InChI is InChI=1S/C22H22N4O4S/c1-3-20-24-25(22(28)16-11-19-15(26(16)20)6-9-31-19)12-21(27)23-13(2)14-4-5-17-18(10-14)30-8-7-29-17/h4-6,9-11,13H,3,7-8,12H2,1-2H3,(H,23,27). The summed E-state index contributed by atoms with van der Waals surface area (Å²) in [6, 6.07) is 9.22. The average molecular weight is 439 g/mol. The molecule has 4 heterocycles. The maximum Gasteiger partial charge on any atom is 0.291 e. The molecule has 4 aromatic rings. The number of aromatic nitrogens is 3. The molecule has 1 amide bonds. The Balaban J connectivity index is 1.39. The van der Waals surface area contributed by atoms with E-state index in [1.807, 2.05) is 54.0 Å². The van der Waals surface area contributed by atoms with Crippen molar-refractivity contribution in [2.75, 3.05) is 13.2 Å². The van der Waals surface area contributed by atoms with Crippen LogP contribution in [0.15, 0.2) is 40.5 Å². The Bertz CT molecular complexity index is 1350. The molecule has 0 bridgehead atoms. The molecule has 1 aromatic carbocycles. The number of hydrogen-bond acceptors (Lipinski definition) is 6. The van der Waals surface area contributed by atoms with Crippen LogP contribution in [0.2, 0.25) is 0 Å². The SMILES string of the molecule is CCc1nn(CC(=O)NC(C)c2ccc3c(c2)OCCO3)c(=O)c2cc3sccc3n12. The summed E-state index contributed by atoms with van der Waals surface area (Å²) in [6.07, 6.45) is 0.644. The van der Waals surface area contributed by atoms with E-state index in [1.54, 1.807) is 11.3 Å². The van der Waals surface area contributed by atoms with Crippen molar-refractivity contribution in [2.45, 2.75) is 32.9 Å². The molecule has 0 aliphatic carbocycles. The van der Waals surface area contributed by atoms with Gasteiger partial charge in [0, 0.05) is 6.42 Å². The van der Waals surface area contributed by atoms with Crippen LogP contribution in [0.3, 0.4) is 0 Å². The lowest BCUT2D eigenvalue weighted by Crippen LogP contribution is -2.36. The van der Waals surface area contributed by atoms with E-state index in [-0.39, 0.29) is 24.1 Å². The first kappa shape index (κ1) is 19.6. The van der Waals surface area contributed by atoms with Crippen LogP contribution in [-0.2, 0) is 17.8 Å². The number of carbonyl (C=O) groups excluding carboxylic acids is 1. The first-order valence-electron chi connectivity index (χ1n) is 10.2. The van der Waals surface area contributed by atoms with Crippen LogP contribution < -0.4 is 20.3 Å². The average Bonchev–Trinajstić information content (AvgIpc) is 3.37. The van der Waals surface area contributed by atoms with Crippen molar-refractivity contribution >= 4 is 33.0 Å². The highest BCUT2D eigenvalue weighted by molar-refractivity contribution is 7.17. The summed E-state index contributed by atoms with van der Waals surface area (Å²) in [5.74, 6) is 1.85. The van der Waals surface area contributed by atoms with Gasteiger partial charge in [0.2, 0.25) is 5.91 Å². The van der Waals surface area contributed by atoms with Crippen LogP contribution >= 0.6 is 11.3 Å². The van der Waals surface area contributed by atoms with Gasteiger partial charge in [-0.15, -0.1) is 11.3 Å². The molecule has 0 spiro atoms. The summed E-state index contributed by atoms with van der Waals surface area (Å²) >= 11 is 1.58. The van der Waals surface area contributed by atoms with E-state index in [9.17, 15) is 9.59 Å². The second-order valence-corrected chi connectivity index (χ2v) is 8.41. The van der Waals surface area contributed by atoms with E-state index in [4.69, 9.17) is 9.47 Å². The largest absolute Gasteiger partial charge is 0.486 e. The topological polar surface area (TPSA) is 86.9 Å². The highest BCUT2D eigenvalue weighted by Crippen LogP contribution is 2.32. The van der Waals surface area contributed by atoms with E-state index in [0.29, 0.717) is 36.7 Å². The number of fused-ring (bicyclic) bond motifs is 4. The fourth-order valence-electron chi connectivity index (χ4n) is 3.89.